The number of pyridine rings is 1. The number of alkyl halides is 6. The van der Waals surface area contributed by atoms with Gasteiger partial charge >= 0.3 is 12.4 Å². The molecule has 0 fully saturated rings. The zero-order valence-electron chi connectivity index (χ0n) is 16.1. The fourth-order valence-corrected chi connectivity index (χ4v) is 2.52. The molecule has 2 aromatic rings. The third-order valence-electron chi connectivity index (χ3n) is 3.99. The van der Waals surface area contributed by atoms with E-state index in [1.165, 1.54) is 6.08 Å². The van der Waals surface area contributed by atoms with Gasteiger partial charge in [-0.15, -0.1) is 0 Å². The van der Waals surface area contributed by atoms with E-state index < -0.39 is 29.3 Å². The van der Waals surface area contributed by atoms with Crippen molar-refractivity contribution < 1.29 is 26.3 Å². The van der Waals surface area contributed by atoms with Crippen LogP contribution in [0.1, 0.15) is 22.3 Å². The molecular formula is C20H9F6N7. The number of anilines is 3. The summed E-state index contributed by atoms with van der Waals surface area (Å²) >= 11 is 0. The second-order valence-corrected chi connectivity index (χ2v) is 6.13. The molecule has 0 aliphatic carbocycles. The predicted molar refractivity (Wildman–Crippen MR) is 101 cm³/mol. The van der Waals surface area contributed by atoms with Crippen LogP contribution in [0.5, 0.6) is 0 Å². The fraction of sp³-hybridized carbons (Fsp3) is 0.150. The first kappa shape index (κ1) is 24.5. The zero-order chi connectivity index (χ0) is 24.8. The van der Waals surface area contributed by atoms with Crippen molar-refractivity contribution >= 4 is 17.2 Å². The Labute approximate surface area is 182 Å². The number of hydrogen-bond acceptors (Lipinski definition) is 7. The maximum Gasteiger partial charge on any atom is 0.419 e. The molecule has 0 bridgehead atoms. The summed E-state index contributed by atoms with van der Waals surface area (Å²) in [5.74, 6) is -0.959. The number of aromatic nitrogens is 1. The number of allylic oxidation sites excluding steroid dienone is 1. The second kappa shape index (κ2) is 9.59. The molecule has 0 unspecified atom stereocenters. The average Bonchev–Trinajstić information content (AvgIpc) is 2.75. The van der Waals surface area contributed by atoms with Gasteiger partial charge in [-0.2, -0.15) is 47.4 Å². The molecule has 0 amide bonds. The number of nitriles is 4. The summed E-state index contributed by atoms with van der Waals surface area (Å²) in [4.78, 5) is 3.23. The normalized spacial score (nSPS) is 10.7. The topological polar surface area (TPSA) is 132 Å². The quantitative estimate of drug-likeness (QED) is 0.473. The third-order valence-corrected chi connectivity index (χ3v) is 3.99. The minimum Gasteiger partial charge on any atom is -0.379 e. The molecule has 2 N–H and O–H groups in total. The zero-order valence-corrected chi connectivity index (χ0v) is 16.1. The molecule has 33 heavy (non-hydrogen) atoms. The highest BCUT2D eigenvalue weighted by Crippen LogP contribution is 2.39. The third kappa shape index (κ3) is 5.90. The number of benzene rings is 1. The van der Waals surface area contributed by atoms with E-state index in [4.69, 9.17) is 10.5 Å². The molecule has 0 atom stereocenters. The summed E-state index contributed by atoms with van der Waals surface area (Å²) in [6.07, 6.45) is -8.82. The van der Waals surface area contributed by atoms with E-state index in [9.17, 15) is 36.9 Å². The van der Waals surface area contributed by atoms with Gasteiger partial charge in [-0.25, -0.2) is 4.98 Å². The Morgan fingerprint density at radius 2 is 1.48 bits per heavy atom. The lowest BCUT2D eigenvalue weighted by molar-refractivity contribution is -0.143. The molecule has 7 nitrogen and oxygen atoms in total. The van der Waals surface area contributed by atoms with Crippen molar-refractivity contribution in [2.24, 2.45) is 0 Å². The molecule has 0 spiro atoms. The fourth-order valence-electron chi connectivity index (χ4n) is 2.52. The van der Waals surface area contributed by atoms with Crippen LogP contribution < -0.4 is 10.6 Å². The smallest absolute Gasteiger partial charge is 0.379 e. The minimum absolute atomic E-state index is 0.0200. The number of nitrogens with zero attached hydrogens (tertiary/aromatic N) is 5. The molecule has 1 aromatic heterocycles. The van der Waals surface area contributed by atoms with E-state index in [1.807, 2.05) is 0 Å². The maximum absolute atomic E-state index is 13.3. The van der Waals surface area contributed by atoms with Gasteiger partial charge in [0, 0.05) is 18.4 Å². The van der Waals surface area contributed by atoms with Crippen LogP contribution in [0, 0.1) is 45.3 Å². The van der Waals surface area contributed by atoms with E-state index in [1.54, 1.807) is 24.3 Å². The van der Waals surface area contributed by atoms with E-state index >= 15 is 0 Å². The monoisotopic (exact) mass is 461 g/mol. The van der Waals surface area contributed by atoms with Gasteiger partial charge < -0.3 is 10.6 Å². The van der Waals surface area contributed by atoms with Crippen LogP contribution in [0.2, 0.25) is 0 Å². The summed E-state index contributed by atoms with van der Waals surface area (Å²) in [6, 6.07) is 8.72. The molecule has 2 rings (SSSR count). The molecule has 0 aliphatic heterocycles. The first-order valence-electron chi connectivity index (χ1n) is 8.58. The molecule has 0 aliphatic rings. The minimum atomic E-state index is -5.18. The Morgan fingerprint density at radius 1 is 0.909 bits per heavy atom. The SMILES string of the molecule is N#CC(C#N)=CCNc1c(C#N)cc(Nc2ncc(C(F)(F)F)cc2C(F)(F)F)cc1C#N. The first-order valence-corrected chi connectivity index (χ1v) is 8.58. The Kier molecular flexibility index (Phi) is 7.12. The van der Waals surface area contributed by atoms with Gasteiger partial charge in [0.1, 0.15) is 35.7 Å². The largest absolute Gasteiger partial charge is 0.419 e. The predicted octanol–water partition coefficient (Wildman–Crippen LogP) is 4.99. The number of rotatable bonds is 5. The first-order chi connectivity index (χ1) is 15.4. The van der Waals surface area contributed by atoms with Crippen LogP contribution in [0.4, 0.5) is 43.5 Å². The average molecular weight is 461 g/mol. The van der Waals surface area contributed by atoms with E-state index in [0.29, 0.717) is 0 Å². The van der Waals surface area contributed by atoms with Crippen molar-refractivity contribution in [2.45, 2.75) is 12.4 Å². The van der Waals surface area contributed by atoms with Crippen molar-refractivity contribution in [3.63, 3.8) is 0 Å². The lowest BCUT2D eigenvalue weighted by Gasteiger charge is -2.17. The van der Waals surface area contributed by atoms with Crippen molar-refractivity contribution in [3.05, 3.63) is 58.3 Å². The van der Waals surface area contributed by atoms with Gasteiger partial charge in [-0.05, 0) is 24.3 Å². The Morgan fingerprint density at radius 3 is 1.94 bits per heavy atom. The Balaban J connectivity index is 2.49. The Bertz CT molecular complexity index is 1210. The van der Waals surface area contributed by atoms with Gasteiger partial charge in [-0.1, -0.05) is 0 Å². The van der Waals surface area contributed by atoms with E-state index in [2.05, 4.69) is 15.6 Å². The van der Waals surface area contributed by atoms with Gasteiger partial charge in [-0.3, -0.25) is 0 Å². The van der Waals surface area contributed by atoms with Crippen LogP contribution in [0.15, 0.2) is 36.0 Å². The van der Waals surface area contributed by atoms with Gasteiger partial charge in [0.15, 0.2) is 0 Å². The molecule has 0 radical (unpaired) electrons. The van der Waals surface area contributed by atoms with Crippen LogP contribution in [0.25, 0.3) is 0 Å². The summed E-state index contributed by atoms with van der Waals surface area (Å²) in [7, 11) is 0. The summed E-state index contributed by atoms with van der Waals surface area (Å²) in [5.41, 5.74) is -4.14. The molecular weight excluding hydrogens is 452 g/mol. The highest BCUT2D eigenvalue weighted by molar-refractivity contribution is 5.74. The van der Waals surface area contributed by atoms with Crippen LogP contribution in [-0.4, -0.2) is 11.5 Å². The molecule has 13 heteroatoms. The van der Waals surface area contributed by atoms with Crippen LogP contribution in [0.3, 0.4) is 0 Å². The molecule has 166 valence electrons. The van der Waals surface area contributed by atoms with Crippen molar-refractivity contribution in [2.75, 3.05) is 17.2 Å². The summed E-state index contributed by atoms with van der Waals surface area (Å²) in [5, 5.41) is 41.0. The highest BCUT2D eigenvalue weighted by Gasteiger charge is 2.39. The number of halogens is 6. The highest BCUT2D eigenvalue weighted by atomic mass is 19.4. The molecule has 1 aromatic carbocycles. The lowest BCUT2D eigenvalue weighted by atomic mass is 10.1. The van der Waals surface area contributed by atoms with Crippen LogP contribution >= 0.6 is 0 Å². The summed E-state index contributed by atoms with van der Waals surface area (Å²) < 4.78 is 78.4. The van der Waals surface area contributed by atoms with Crippen molar-refractivity contribution in [1.82, 2.24) is 4.98 Å². The van der Waals surface area contributed by atoms with E-state index in [-0.39, 0.29) is 46.9 Å². The lowest BCUT2D eigenvalue weighted by Crippen LogP contribution is -2.14. The van der Waals surface area contributed by atoms with Gasteiger partial charge in [0.05, 0.1) is 27.9 Å². The number of nitrogens with one attached hydrogen (secondary N) is 2. The van der Waals surface area contributed by atoms with Crippen molar-refractivity contribution in [3.8, 4) is 24.3 Å². The van der Waals surface area contributed by atoms with Crippen molar-refractivity contribution in [1.29, 1.82) is 21.0 Å². The number of hydrogen-bond donors (Lipinski definition) is 2. The van der Waals surface area contributed by atoms with Crippen LogP contribution in [-0.2, 0) is 12.4 Å². The molecule has 0 saturated heterocycles. The molecule has 1 heterocycles. The standard InChI is InChI=1S/C20H9F6N7/c21-19(22,23)14-5-16(20(24,25)26)18(32-10-14)33-15-3-12(8-29)17(13(4-15)9-30)31-2-1-11(6-27)7-28/h1,3-5,10,31H,2H2,(H,32,33). The Hall–Kier alpha value is -4.75. The van der Waals surface area contributed by atoms with Gasteiger partial charge in [0.2, 0.25) is 0 Å². The molecule has 0 saturated carbocycles. The maximum atomic E-state index is 13.3. The summed E-state index contributed by atoms with van der Waals surface area (Å²) in [6.45, 7) is -0.120. The second-order valence-electron chi connectivity index (χ2n) is 6.13. The van der Waals surface area contributed by atoms with Gasteiger partial charge in [0.25, 0.3) is 0 Å². The van der Waals surface area contributed by atoms with E-state index in [0.717, 1.165) is 12.1 Å².